The van der Waals surface area contributed by atoms with E-state index in [1.165, 1.54) is 62.8 Å². The molecule has 0 saturated heterocycles. The molecule has 0 unspecified atom stereocenters. The van der Waals surface area contributed by atoms with Crippen molar-refractivity contribution < 1.29 is 0 Å². The second-order valence-electron chi connectivity index (χ2n) is 12.1. The normalized spacial score (nSPS) is 11.8. The number of para-hydroxylation sites is 4. The van der Waals surface area contributed by atoms with Crippen molar-refractivity contribution in [3.05, 3.63) is 170 Å². The van der Waals surface area contributed by atoms with E-state index in [0.29, 0.717) is 0 Å². The van der Waals surface area contributed by atoms with Gasteiger partial charge in [-0.2, -0.15) is 0 Å². The molecule has 2 aliphatic rings. The molecule has 48 heavy (non-hydrogen) atoms. The van der Waals surface area contributed by atoms with Crippen LogP contribution in [0, 0.1) is 0 Å². The van der Waals surface area contributed by atoms with Crippen LogP contribution in [0.2, 0.25) is 0 Å². The zero-order valence-corrected chi connectivity index (χ0v) is 27.5. The van der Waals surface area contributed by atoms with Gasteiger partial charge in [-0.1, -0.05) is 91.0 Å². The molecule has 0 bridgehead atoms. The maximum Gasteiger partial charge on any atom is 0.0555 e. The number of anilines is 6. The summed E-state index contributed by atoms with van der Waals surface area (Å²) >= 11 is 3.81. The van der Waals surface area contributed by atoms with Crippen molar-refractivity contribution in [3.63, 3.8) is 0 Å². The molecule has 10 rings (SSSR count). The number of hydrogen-bond donors (Lipinski definition) is 0. The minimum Gasteiger partial charge on any atom is -0.310 e. The van der Waals surface area contributed by atoms with Crippen LogP contribution in [0.25, 0.3) is 51.5 Å². The van der Waals surface area contributed by atoms with Crippen molar-refractivity contribution in [2.45, 2.75) is 0 Å². The summed E-state index contributed by atoms with van der Waals surface area (Å²) in [6, 6.07) is 61.5. The highest BCUT2D eigenvalue weighted by atomic mass is 32.1. The van der Waals surface area contributed by atoms with Crippen LogP contribution in [0.15, 0.2) is 170 Å². The molecule has 2 aliphatic heterocycles. The fourth-order valence-electron chi connectivity index (χ4n) is 7.39. The molecule has 2 heterocycles. The lowest BCUT2D eigenvalue weighted by Gasteiger charge is -2.30. The Morgan fingerprint density at radius 3 is 1.31 bits per heavy atom. The largest absolute Gasteiger partial charge is 0.310 e. The Morgan fingerprint density at radius 1 is 0.312 bits per heavy atom. The molecule has 0 atom stereocenters. The van der Waals surface area contributed by atoms with Gasteiger partial charge in [0.25, 0.3) is 0 Å². The highest BCUT2D eigenvalue weighted by Crippen LogP contribution is 2.56. The van der Waals surface area contributed by atoms with Gasteiger partial charge in [0.15, 0.2) is 0 Å². The maximum absolute atomic E-state index is 2.43. The molecule has 0 saturated carbocycles. The number of benzene rings is 8. The smallest absolute Gasteiger partial charge is 0.0555 e. The molecule has 0 N–H and O–H groups in total. The molecule has 0 radical (unpaired) electrons. The van der Waals surface area contributed by atoms with Crippen LogP contribution < -0.4 is 9.80 Å². The molecule has 0 aromatic heterocycles. The molecule has 4 heteroatoms. The Kier molecular flexibility index (Phi) is 6.26. The van der Waals surface area contributed by atoms with E-state index in [-0.39, 0.29) is 0 Å². The molecule has 0 aliphatic carbocycles. The third kappa shape index (κ3) is 4.17. The zero-order valence-electron chi connectivity index (χ0n) is 25.9. The van der Waals surface area contributed by atoms with Crippen LogP contribution in [0.1, 0.15) is 0 Å². The van der Waals surface area contributed by atoms with E-state index in [1.807, 2.05) is 22.7 Å². The van der Waals surface area contributed by atoms with Crippen molar-refractivity contribution in [3.8, 4) is 11.1 Å². The van der Waals surface area contributed by atoms with E-state index in [0.717, 1.165) is 22.7 Å². The van der Waals surface area contributed by atoms with Gasteiger partial charge in [0.1, 0.15) is 0 Å². The fraction of sp³-hybridized carbons (Fsp3) is 0. The summed E-state index contributed by atoms with van der Waals surface area (Å²) in [6.45, 7) is 0. The molecule has 0 fully saturated rings. The molecule has 8 aromatic rings. The first kappa shape index (κ1) is 27.4. The highest BCUT2D eigenvalue weighted by molar-refractivity contribution is 7.27. The lowest BCUT2D eigenvalue weighted by molar-refractivity contribution is 1.30. The quantitative estimate of drug-likeness (QED) is 0.131. The summed E-state index contributed by atoms with van der Waals surface area (Å²) in [5.74, 6) is 0. The first-order chi connectivity index (χ1) is 23.8. The summed E-state index contributed by atoms with van der Waals surface area (Å²) in [4.78, 5) is 4.81. The van der Waals surface area contributed by atoms with Gasteiger partial charge >= 0.3 is 0 Å². The molecule has 0 spiro atoms. The number of hydrogen-bond acceptors (Lipinski definition) is 4. The van der Waals surface area contributed by atoms with E-state index in [4.69, 9.17) is 0 Å². The first-order valence-electron chi connectivity index (χ1n) is 16.2. The van der Waals surface area contributed by atoms with Crippen molar-refractivity contribution in [1.29, 1.82) is 0 Å². The average molecular weight is 649 g/mol. The van der Waals surface area contributed by atoms with Gasteiger partial charge in [0.2, 0.25) is 0 Å². The van der Waals surface area contributed by atoms with E-state index in [9.17, 15) is 0 Å². The highest BCUT2D eigenvalue weighted by Gasteiger charge is 2.27. The SMILES string of the molecule is c1ccc(N(c2ccccc2)c2ccc3sc4cc(N(c5ccccc5)c5ccccc5)c5cccc6sc7ccc2c3c7-c4c65)cc1. The lowest BCUT2D eigenvalue weighted by atomic mass is 9.91. The third-order valence-corrected chi connectivity index (χ3v) is 11.6. The topological polar surface area (TPSA) is 6.48 Å². The summed E-state index contributed by atoms with van der Waals surface area (Å²) in [5, 5.41) is 5.23. The fourth-order valence-corrected chi connectivity index (χ4v) is 9.70. The molecule has 226 valence electrons. The van der Waals surface area contributed by atoms with Gasteiger partial charge in [-0.05, 0) is 78.9 Å². The Balaban J connectivity index is 1.29. The standard InChI is InChI=1S/C44H28N2S2/c1-5-14-29(15-6-1)45(30-16-7-2-8-17-30)35-25-27-38-42-34(35)24-26-39-43(42)44-40(48-38)28-36(33-22-13-23-37(47-39)41(33)44)46(31-18-9-3-10-19-31)32-20-11-4-12-21-32/h1-28H. The van der Waals surface area contributed by atoms with Crippen LogP contribution in [-0.4, -0.2) is 0 Å². The first-order valence-corrected chi connectivity index (χ1v) is 17.8. The Morgan fingerprint density at radius 2 is 0.750 bits per heavy atom. The lowest BCUT2D eigenvalue weighted by Crippen LogP contribution is -2.11. The summed E-state index contributed by atoms with van der Waals surface area (Å²) in [5.41, 5.74) is 9.71. The summed E-state index contributed by atoms with van der Waals surface area (Å²) in [6.07, 6.45) is 0. The molecule has 0 amide bonds. The maximum atomic E-state index is 2.43. The number of nitrogens with zero attached hydrogens (tertiary/aromatic N) is 2. The van der Waals surface area contributed by atoms with E-state index in [1.54, 1.807) is 0 Å². The van der Waals surface area contributed by atoms with Crippen molar-refractivity contribution in [2.75, 3.05) is 9.80 Å². The molecular formula is C44H28N2S2. The minimum atomic E-state index is 1.15. The predicted octanol–water partition coefficient (Wildman–Crippen LogP) is 13.9. The van der Waals surface area contributed by atoms with Gasteiger partial charge in [-0.25, -0.2) is 0 Å². The Bertz CT molecular complexity index is 2580. The van der Waals surface area contributed by atoms with Gasteiger partial charge in [-0.3, -0.25) is 0 Å². The monoisotopic (exact) mass is 648 g/mol. The van der Waals surface area contributed by atoms with Gasteiger partial charge in [0.05, 0.1) is 11.4 Å². The predicted molar refractivity (Wildman–Crippen MR) is 209 cm³/mol. The second kappa shape index (κ2) is 11.0. The van der Waals surface area contributed by atoms with Crippen LogP contribution in [0.3, 0.4) is 0 Å². The van der Waals surface area contributed by atoms with Crippen molar-refractivity contribution in [1.82, 2.24) is 0 Å². The number of rotatable bonds is 6. The molecular weight excluding hydrogens is 621 g/mol. The van der Waals surface area contributed by atoms with Gasteiger partial charge < -0.3 is 9.80 Å². The average Bonchev–Trinajstić information content (AvgIpc) is 3.15. The summed E-state index contributed by atoms with van der Waals surface area (Å²) < 4.78 is 5.24. The van der Waals surface area contributed by atoms with Crippen LogP contribution >= 0.6 is 22.7 Å². The Labute approximate surface area is 286 Å². The molecule has 2 nitrogen and oxygen atoms in total. The van der Waals surface area contributed by atoms with Gasteiger partial charge in [0, 0.05) is 74.2 Å². The summed E-state index contributed by atoms with van der Waals surface area (Å²) in [7, 11) is 0. The zero-order chi connectivity index (χ0) is 31.6. The van der Waals surface area contributed by atoms with E-state index >= 15 is 0 Å². The van der Waals surface area contributed by atoms with Crippen LogP contribution in [0.5, 0.6) is 0 Å². The minimum absolute atomic E-state index is 1.15. The van der Waals surface area contributed by atoms with E-state index in [2.05, 4.69) is 180 Å². The van der Waals surface area contributed by atoms with Crippen molar-refractivity contribution >= 4 is 97.1 Å². The van der Waals surface area contributed by atoms with E-state index < -0.39 is 0 Å². The second-order valence-corrected chi connectivity index (χ2v) is 14.3. The van der Waals surface area contributed by atoms with Crippen molar-refractivity contribution in [2.24, 2.45) is 0 Å². The van der Waals surface area contributed by atoms with Gasteiger partial charge in [-0.15, -0.1) is 22.7 Å². The molecule has 8 aromatic carbocycles. The Hall–Kier alpha value is -5.68. The van der Waals surface area contributed by atoms with Crippen LogP contribution in [-0.2, 0) is 0 Å². The van der Waals surface area contributed by atoms with Crippen LogP contribution in [0.4, 0.5) is 34.1 Å². The third-order valence-electron chi connectivity index (χ3n) is 9.38.